The number of rotatable bonds is 2. The molecule has 104 valence electrons. The number of halogens is 2. The third-order valence-electron chi connectivity index (χ3n) is 3.52. The molecule has 2 aromatic rings. The molecule has 0 spiro atoms. The molecule has 0 radical (unpaired) electrons. The number of fused-ring (bicyclic) bond motifs is 1. The molecule has 3 rings (SSSR count). The highest BCUT2D eigenvalue weighted by Crippen LogP contribution is 2.21. The summed E-state index contributed by atoms with van der Waals surface area (Å²) < 4.78 is 13.2. The average Bonchev–Trinajstić information content (AvgIpc) is 2.89. The van der Waals surface area contributed by atoms with E-state index in [4.69, 9.17) is 11.6 Å². The van der Waals surface area contributed by atoms with Crippen LogP contribution < -0.4 is 5.32 Å². The van der Waals surface area contributed by atoms with E-state index in [0.717, 1.165) is 36.6 Å². The van der Waals surface area contributed by atoms with Crippen LogP contribution in [0.5, 0.6) is 0 Å². The van der Waals surface area contributed by atoms with E-state index in [0.29, 0.717) is 0 Å². The Kier molecular flexibility index (Phi) is 3.44. The molecule has 0 bridgehead atoms. The van der Waals surface area contributed by atoms with Crippen molar-refractivity contribution in [2.24, 2.45) is 0 Å². The molecule has 0 fully saturated rings. The fourth-order valence-electron chi connectivity index (χ4n) is 2.47. The molecule has 2 N–H and O–H groups in total. The molecule has 1 aliphatic carbocycles. The zero-order chi connectivity index (χ0) is 14.1. The van der Waals surface area contributed by atoms with E-state index in [1.165, 1.54) is 12.1 Å². The summed E-state index contributed by atoms with van der Waals surface area (Å²) >= 11 is 5.93. The Bertz CT molecular complexity index is 656. The first kappa shape index (κ1) is 13.1. The zero-order valence-electron chi connectivity index (χ0n) is 10.6. The van der Waals surface area contributed by atoms with Crippen molar-refractivity contribution in [1.82, 2.24) is 15.5 Å². The van der Waals surface area contributed by atoms with Crippen LogP contribution in [0.4, 0.5) is 4.39 Å². The van der Waals surface area contributed by atoms with Crippen LogP contribution in [-0.2, 0) is 12.8 Å². The minimum absolute atomic E-state index is 0.0203. The number of benzene rings is 1. The minimum Gasteiger partial charge on any atom is -0.349 e. The smallest absolute Gasteiger partial charge is 0.253 e. The lowest BCUT2D eigenvalue weighted by atomic mass is 9.93. The summed E-state index contributed by atoms with van der Waals surface area (Å²) in [6.45, 7) is 0. The van der Waals surface area contributed by atoms with Crippen molar-refractivity contribution in [2.45, 2.75) is 25.3 Å². The first-order chi connectivity index (χ1) is 9.63. The first-order valence-electron chi connectivity index (χ1n) is 6.40. The third kappa shape index (κ3) is 2.54. The van der Waals surface area contributed by atoms with Crippen molar-refractivity contribution < 1.29 is 9.18 Å². The molecule has 4 nitrogen and oxygen atoms in total. The van der Waals surface area contributed by atoms with E-state index in [2.05, 4.69) is 15.5 Å². The highest BCUT2D eigenvalue weighted by atomic mass is 35.5. The van der Waals surface area contributed by atoms with Gasteiger partial charge in [-0.15, -0.1) is 0 Å². The molecule has 1 unspecified atom stereocenters. The van der Waals surface area contributed by atoms with Gasteiger partial charge in [0, 0.05) is 11.7 Å². The van der Waals surface area contributed by atoms with E-state index in [9.17, 15) is 9.18 Å². The highest BCUT2D eigenvalue weighted by Gasteiger charge is 2.22. The second kappa shape index (κ2) is 5.25. The maximum absolute atomic E-state index is 13.2. The van der Waals surface area contributed by atoms with E-state index in [1.807, 2.05) is 0 Å². The van der Waals surface area contributed by atoms with Crippen LogP contribution in [0.3, 0.4) is 0 Å². The molecule has 1 heterocycles. The van der Waals surface area contributed by atoms with Gasteiger partial charge in [0.1, 0.15) is 5.82 Å². The molecule has 1 atom stereocenters. The highest BCUT2D eigenvalue weighted by molar-refractivity contribution is 6.33. The van der Waals surface area contributed by atoms with Crippen LogP contribution in [0.25, 0.3) is 0 Å². The van der Waals surface area contributed by atoms with Gasteiger partial charge >= 0.3 is 0 Å². The predicted octanol–water partition coefficient (Wildman–Crippen LogP) is 2.49. The average molecular weight is 294 g/mol. The Hall–Kier alpha value is -1.88. The second-order valence-electron chi connectivity index (χ2n) is 4.91. The molecule has 1 aromatic heterocycles. The number of nitrogens with zero attached hydrogens (tertiary/aromatic N) is 1. The number of aromatic amines is 1. The van der Waals surface area contributed by atoms with Gasteiger partial charge in [0.25, 0.3) is 5.91 Å². The van der Waals surface area contributed by atoms with Crippen LogP contribution in [0, 0.1) is 5.82 Å². The summed E-state index contributed by atoms with van der Waals surface area (Å²) in [5.41, 5.74) is 2.41. The Morgan fingerprint density at radius 2 is 2.35 bits per heavy atom. The van der Waals surface area contributed by atoms with Gasteiger partial charge < -0.3 is 5.32 Å². The molecule has 1 amide bonds. The van der Waals surface area contributed by atoms with E-state index in [-0.39, 0.29) is 22.5 Å². The number of aryl methyl sites for hydroxylation is 1. The van der Waals surface area contributed by atoms with Crippen LogP contribution in [0.15, 0.2) is 24.4 Å². The van der Waals surface area contributed by atoms with Crippen LogP contribution >= 0.6 is 11.6 Å². The molecule has 0 saturated carbocycles. The van der Waals surface area contributed by atoms with Gasteiger partial charge in [-0.05, 0) is 43.0 Å². The van der Waals surface area contributed by atoms with Gasteiger partial charge in [0.05, 0.1) is 16.8 Å². The summed E-state index contributed by atoms with van der Waals surface area (Å²) in [7, 11) is 0. The number of carbonyl (C=O) groups excluding carboxylic acids is 1. The normalized spacial score (nSPS) is 17.6. The van der Waals surface area contributed by atoms with Crippen molar-refractivity contribution in [3.63, 3.8) is 0 Å². The first-order valence-corrected chi connectivity index (χ1v) is 6.78. The predicted molar refractivity (Wildman–Crippen MR) is 73.3 cm³/mol. The maximum Gasteiger partial charge on any atom is 0.253 e. The standard InChI is InChI=1S/C14H13ClFN3O/c15-12-3-1-9(16)6-11(12)14(20)18-10-2-4-13-8(5-10)7-17-19-13/h1,3,6-7,10H,2,4-5H2,(H,17,19)(H,18,20). The van der Waals surface area contributed by atoms with E-state index in [1.54, 1.807) is 6.20 Å². The van der Waals surface area contributed by atoms with E-state index >= 15 is 0 Å². The zero-order valence-corrected chi connectivity index (χ0v) is 11.4. The molecule has 0 aliphatic heterocycles. The molecule has 1 aromatic carbocycles. The van der Waals surface area contributed by atoms with Crippen molar-refractivity contribution >= 4 is 17.5 Å². The van der Waals surface area contributed by atoms with Gasteiger partial charge in [0.15, 0.2) is 0 Å². The summed E-state index contributed by atoms with van der Waals surface area (Å²) in [5.74, 6) is -0.813. The van der Waals surface area contributed by atoms with Crippen molar-refractivity contribution in [2.75, 3.05) is 0 Å². The number of carbonyl (C=O) groups is 1. The van der Waals surface area contributed by atoms with Crippen molar-refractivity contribution in [3.8, 4) is 0 Å². The quantitative estimate of drug-likeness (QED) is 0.894. The number of nitrogens with one attached hydrogen (secondary N) is 2. The number of H-pyrrole nitrogens is 1. The Morgan fingerprint density at radius 1 is 1.50 bits per heavy atom. The third-order valence-corrected chi connectivity index (χ3v) is 3.85. The maximum atomic E-state index is 13.2. The van der Waals surface area contributed by atoms with Gasteiger partial charge in [-0.2, -0.15) is 5.10 Å². The van der Waals surface area contributed by atoms with Gasteiger partial charge in [-0.3, -0.25) is 9.89 Å². The Balaban J connectivity index is 1.72. The topological polar surface area (TPSA) is 57.8 Å². The second-order valence-corrected chi connectivity index (χ2v) is 5.32. The molecule has 6 heteroatoms. The monoisotopic (exact) mass is 293 g/mol. The number of hydrogen-bond donors (Lipinski definition) is 2. The lowest BCUT2D eigenvalue weighted by Crippen LogP contribution is -2.38. The fourth-order valence-corrected chi connectivity index (χ4v) is 2.68. The summed E-state index contributed by atoms with van der Waals surface area (Å²) in [4.78, 5) is 12.2. The summed E-state index contributed by atoms with van der Waals surface area (Å²) in [5, 5.41) is 10.1. The molecular formula is C14H13ClFN3O. The van der Waals surface area contributed by atoms with Crippen LogP contribution in [-0.4, -0.2) is 22.1 Å². The Labute approximate surface area is 120 Å². The summed E-state index contributed by atoms with van der Waals surface area (Å²) in [6.07, 6.45) is 4.18. The van der Waals surface area contributed by atoms with Crippen molar-refractivity contribution in [3.05, 3.63) is 52.1 Å². The summed E-state index contributed by atoms with van der Waals surface area (Å²) in [6, 6.07) is 3.80. The lowest BCUT2D eigenvalue weighted by Gasteiger charge is -2.23. The molecule has 20 heavy (non-hydrogen) atoms. The SMILES string of the molecule is O=C(NC1CCc2[nH]ncc2C1)c1cc(F)ccc1Cl. The van der Waals surface area contributed by atoms with Gasteiger partial charge in [-0.1, -0.05) is 11.6 Å². The van der Waals surface area contributed by atoms with E-state index < -0.39 is 5.82 Å². The molecular weight excluding hydrogens is 281 g/mol. The fraction of sp³-hybridized carbons (Fsp3) is 0.286. The van der Waals surface area contributed by atoms with Gasteiger partial charge in [0.2, 0.25) is 0 Å². The van der Waals surface area contributed by atoms with Crippen molar-refractivity contribution in [1.29, 1.82) is 0 Å². The molecule has 0 saturated heterocycles. The minimum atomic E-state index is -0.472. The lowest BCUT2D eigenvalue weighted by molar-refractivity contribution is 0.0933. The van der Waals surface area contributed by atoms with Crippen LogP contribution in [0.1, 0.15) is 28.0 Å². The number of hydrogen-bond acceptors (Lipinski definition) is 2. The van der Waals surface area contributed by atoms with Gasteiger partial charge in [-0.25, -0.2) is 4.39 Å². The van der Waals surface area contributed by atoms with Crippen LogP contribution in [0.2, 0.25) is 5.02 Å². The Morgan fingerprint density at radius 3 is 3.20 bits per heavy atom. The number of aromatic nitrogens is 2. The molecule has 1 aliphatic rings. The largest absolute Gasteiger partial charge is 0.349 e. The number of amides is 1.